The van der Waals surface area contributed by atoms with E-state index in [9.17, 15) is 0 Å². The van der Waals surface area contributed by atoms with Gasteiger partial charge in [0.2, 0.25) is 0 Å². The molecular formula is C14H25N. The third-order valence-electron chi connectivity index (χ3n) is 4.10. The normalized spacial score (nSPS) is 31.7. The van der Waals surface area contributed by atoms with Gasteiger partial charge in [0.05, 0.1) is 0 Å². The molecule has 1 saturated carbocycles. The van der Waals surface area contributed by atoms with Gasteiger partial charge in [-0.2, -0.15) is 0 Å². The Morgan fingerprint density at radius 3 is 2.87 bits per heavy atom. The van der Waals surface area contributed by atoms with Gasteiger partial charge in [0.15, 0.2) is 0 Å². The molecule has 15 heavy (non-hydrogen) atoms. The quantitative estimate of drug-likeness (QED) is 0.694. The second-order valence-electron chi connectivity index (χ2n) is 5.33. The van der Waals surface area contributed by atoms with E-state index in [1.54, 1.807) is 5.57 Å². The first-order valence-corrected chi connectivity index (χ1v) is 6.77. The van der Waals surface area contributed by atoms with Gasteiger partial charge in [-0.15, -0.1) is 0 Å². The standard InChI is InChI=1S/C14H25N/c1-12-6-5-9-14(12)15-11-10-13-7-3-2-4-8-13/h7,12,14-15H,2-6,8-11H2,1H3/t12-,14+/m0/s1. The Bertz CT molecular complexity index is 219. The molecule has 1 heteroatoms. The average Bonchev–Trinajstić information content (AvgIpc) is 2.66. The Morgan fingerprint density at radius 1 is 1.27 bits per heavy atom. The zero-order valence-electron chi connectivity index (χ0n) is 10.1. The molecule has 1 nitrogen and oxygen atoms in total. The number of allylic oxidation sites excluding steroid dienone is 1. The molecular weight excluding hydrogens is 182 g/mol. The molecule has 0 aliphatic heterocycles. The van der Waals surface area contributed by atoms with Crippen LogP contribution in [0.3, 0.4) is 0 Å². The zero-order chi connectivity index (χ0) is 10.5. The van der Waals surface area contributed by atoms with Crippen LogP contribution in [0.2, 0.25) is 0 Å². The summed E-state index contributed by atoms with van der Waals surface area (Å²) in [7, 11) is 0. The molecule has 0 aromatic heterocycles. The molecule has 0 radical (unpaired) electrons. The van der Waals surface area contributed by atoms with Crippen LogP contribution >= 0.6 is 0 Å². The van der Waals surface area contributed by atoms with E-state index >= 15 is 0 Å². The Hall–Kier alpha value is -0.300. The maximum absolute atomic E-state index is 3.74. The summed E-state index contributed by atoms with van der Waals surface area (Å²) < 4.78 is 0. The fraction of sp³-hybridized carbons (Fsp3) is 0.857. The lowest BCUT2D eigenvalue weighted by Crippen LogP contribution is -2.32. The molecule has 0 unspecified atom stereocenters. The highest BCUT2D eigenvalue weighted by atomic mass is 14.9. The van der Waals surface area contributed by atoms with Crippen LogP contribution in [0.4, 0.5) is 0 Å². The highest BCUT2D eigenvalue weighted by Crippen LogP contribution is 2.25. The summed E-state index contributed by atoms with van der Waals surface area (Å²) in [6, 6.07) is 0.814. The molecule has 0 amide bonds. The lowest BCUT2D eigenvalue weighted by Gasteiger charge is -2.19. The molecule has 0 heterocycles. The first kappa shape index (κ1) is 11.2. The highest BCUT2D eigenvalue weighted by Gasteiger charge is 2.22. The third-order valence-corrected chi connectivity index (χ3v) is 4.10. The molecule has 0 aromatic rings. The summed E-state index contributed by atoms with van der Waals surface area (Å²) in [4.78, 5) is 0. The van der Waals surface area contributed by atoms with Crippen molar-refractivity contribution in [2.45, 2.75) is 64.3 Å². The zero-order valence-corrected chi connectivity index (χ0v) is 10.1. The molecule has 2 rings (SSSR count). The van der Waals surface area contributed by atoms with Gasteiger partial charge in [0, 0.05) is 6.04 Å². The van der Waals surface area contributed by atoms with Gasteiger partial charge in [-0.3, -0.25) is 0 Å². The molecule has 1 N–H and O–H groups in total. The number of rotatable bonds is 4. The topological polar surface area (TPSA) is 12.0 Å². The van der Waals surface area contributed by atoms with E-state index in [0.29, 0.717) is 0 Å². The van der Waals surface area contributed by atoms with Gasteiger partial charge in [-0.25, -0.2) is 0 Å². The molecule has 1 fully saturated rings. The van der Waals surface area contributed by atoms with Crippen LogP contribution in [0.15, 0.2) is 11.6 Å². The van der Waals surface area contributed by atoms with Crippen LogP contribution in [0.5, 0.6) is 0 Å². The SMILES string of the molecule is C[C@H]1CCC[C@H]1NCCC1=CCCCC1. The van der Waals surface area contributed by atoms with Crippen molar-refractivity contribution < 1.29 is 0 Å². The van der Waals surface area contributed by atoms with E-state index in [-0.39, 0.29) is 0 Å². The van der Waals surface area contributed by atoms with Crippen molar-refractivity contribution in [1.29, 1.82) is 0 Å². The summed E-state index contributed by atoms with van der Waals surface area (Å²) in [5.74, 6) is 0.908. The summed E-state index contributed by atoms with van der Waals surface area (Å²) in [6.45, 7) is 3.60. The molecule has 2 aliphatic carbocycles. The first-order valence-electron chi connectivity index (χ1n) is 6.77. The minimum atomic E-state index is 0.814. The van der Waals surface area contributed by atoms with E-state index in [0.717, 1.165) is 12.0 Å². The fourth-order valence-electron chi connectivity index (χ4n) is 3.00. The maximum Gasteiger partial charge on any atom is 0.00928 e. The summed E-state index contributed by atoms with van der Waals surface area (Å²) in [5, 5.41) is 3.74. The molecule has 0 spiro atoms. The molecule has 0 bridgehead atoms. The van der Waals surface area contributed by atoms with Gasteiger partial charge in [0.25, 0.3) is 0 Å². The summed E-state index contributed by atoms with van der Waals surface area (Å²) >= 11 is 0. The van der Waals surface area contributed by atoms with Crippen molar-refractivity contribution in [2.24, 2.45) is 5.92 Å². The number of hydrogen-bond acceptors (Lipinski definition) is 1. The van der Waals surface area contributed by atoms with Crippen LogP contribution in [0.1, 0.15) is 58.3 Å². The molecule has 86 valence electrons. The van der Waals surface area contributed by atoms with Gasteiger partial charge >= 0.3 is 0 Å². The lowest BCUT2D eigenvalue weighted by atomic mass is 9.97. The molecule has 0 saturated heterocycles. The Morgan fingerprint density at radius 2 is 2.20 bits per heavy atom. The lowest BCUT2D eigenvalue weighted by molar-refractivity contribution is 0.428. The van der Waals surface area contributed by atoms with Crippen LogP contribution in [-0.2, 0) is 0 Å². The second kappa shape index (κ2) is 5.69. The smallest absolute Gasteiger partial charge is 0.00928 e. The van der Waals surface area contributed by atoms with Crippen molar-refractivity contribution in [2.75, 3.05) is 6.54 Å². The Labute approximate surface area is 94.3 Å². The van der Waals surface area contributed by atoms with Crippen molar-refractivity contribution in [1.82, 2.24) is 5.32 Å². The highest BCUT2D eigenvalue weighted by molar-refractivity contribution is 5.05. The van der Waals surface area contributed by atoms with Crippen LogP contribution in [0, 0.1) is 5.92 Å². The fourth-order valence-corrected chi connectivity index (χ4v) is 3.00. The van der Waals surface area contributed by atoms with Gasteiger partial charge in [0.1, 0.15) is 0 Å². The van der Waals surface area contributed by atoms with E-state index < -0.39 is 0 Å². The van der Waals surface area contributed by atoms with E-state index in [4.69, 9.17) is 0 Å². The van der Waals surface area contributed by atoms with Crippen molar-refractivity contribution >= 4 is 0 Å². The predicted octanol–water partition coefficient (Wildman–Crippen LogP) is 3.66. The Kier molecular flexibility index (Phi) is 4.25. The van der Waals surface area contributed by atoms with E-state index in [1.807, 2.05) is 0 Å². The van der Waals surface area contributed by atoms with Crippen LogP contribution < -0.4 is 5.32 Å². The first-order chi connectivity index (χ1) is 7.36. The molecule has 2 aliphatic rings. The summed E-state index contributed by atoms with van der Waals surface area (Å²) in [6.07, 6.45) is 13.6. The molecule has 0 aromatic carbocycles. The molecule has 2 atom stereocenters. The number of nitrogens with one attached hydrogen (secondary N) is 1. The van der Waals surface area contributed by atoms with E-state index in [2.05, 4.69) is 18.3 Å². The average molecular weight is 207 g/mol. The monoisotopic (exact) mass is 207 g/mol. The second-order valence-corrected chi connectivity index (χ2v) is 5.33. The third kappa shape index (κ3) is 3.34. The minimum Gasteiger partial charge on any atom is -0.313 e. The van der Waals surface area contributed by atoms with Gasteiger partial charge < -0.3 is 5.32 Å². The van der Waals surface area contributed by atoms with Crippen molar-refractivity contribution in [3.8, 4) is 0 Å². The van der Waals surface area contributed by atoms with Gasteiger partial charge in [-0.1, -0.05) is 25.0 Å². The minimum absolute atomic E-state index is 0.814. The summed E-state index contributed by atoms with van der Waals surface area (Å²) in [5.41, 5.74) is 1.71. The van der Waals surface area contributed by atoms with Gasteiger partial charge in [-0.05, 0) is 57.4 Å². The van der Waals surface area contributed by atoms with E-state index in [1.165, 1.54) is 57.9 Å². The van der Waals surface area contributed by atoms with Crippen molar-refractivity contribution in [3.05, 3.63) is 11.6 Å². The number of hydrogen-bond donors (Lipinski definition) is 1. The largest absolute Gasteiger partial charge is 0.313 e. The van der Waals surface area contributed by atoms with Crippen LogP contribution in [0.25, 0.3) is 0 Å². The van der Waals surface area contributed by atoms with Crippen molar-refractivity contribution in [3.63, 3.8) is 0 Å². The Balaban J connectivity index is 1.63. The van der Waals surface area contributed by atoms with Crippen LogP contribution in [-0.4, -0.2) is 12.6 Å². The predicted molar refractivity (Wildman–Crippen MR) is 66.0 cm³/mol. The maximum atomic E-state index is 3.74.